The Kier molecular flexibility index (Phi) is 13.3. The van der Waals surface area contributed by atoms with Crippen LogP contribution in [0.25, 0.3) is 22.0 Å². The van der Waals surface area contributed by atoms with Crippen molar-refractivity contribution in [2.24, 2.45) is 5.92 Å². The molecule has 12 nitrogen and oxygen atoms in total. The van der Waals surface area contributed by atoms with Gasteiger partial charge in [0.1, 0.15) is 46.9 Å². The van der Waals surface area contributed by atoms with E-state index in [0.29, 0.717) is 21.3 Å². The van der Waals surface area contributed by atoms with Crippen LogP contribution in [0.3, 0.4) is 0 Å². The molecule has 1 amide bonds. The molecule has 0 saturated carbocycles. The predicted octanol–water partition coefficient (Wildman–Crippen LogP) is 8.33. The van der Waals surface area contributed by atoms with Crippen LogP contribution in [0, 0.1) is 29.4 Å². The van der Waals surface area contributed by atoms with Crippen LogP contribution in [0.5, 0.6) is 0 Å². The minimum atomic E-state index is -5.22. The summed E-state index contributed by atoms with van der Waals surface area (Å²) in [4.78, 5) is 18.6. The number of pyridine rings is 1. The molecule has 5 aromatic rings. The van der Waals surface area contributed by atoms with Gasteiger partial charge in [0.25, 0.3) is 5.92 Å². The molecule has 1 aliphatic carbocycles. The summed E-state index contributed by atoms with van der Waals surface area (Å²) < 4.78 is 195. The maximum atomic E-state index is 15.5. The number of benzene rings is 2. The number of rotatable bonds is 12. The summed E-state index contributed by atoms with van der Waals surface area (Å²) in [5.74, 6) is -4.59. The molecular weight excluding hydrogens is 984 g/mol. The van der Waals surface area contributed by atoms with E-state index in [4.69, 9.17) is 23.2 Å². The van der Waals surface area contributed by atoms with E-state index in [2.05, 4.69) is 32.3 Å². The van der Waals surface area contributed by atoms with Gasteiger partial charge in [-0.25, -0.2) is 34.9 Å². The molecule has 0 bridgehead atoms. The zero-order valence-electron chi connectivity index (χ0n) is 34.8. The molecule has 0 unspecified atom stereocenters. The largest absolute Gasteiger partial charge is 0.435 e. The summed E-state index contributed by atoms with van der Waals surface area (Å²) >= 11 is 12.5. The molecule has 6 rings (SSSR count). The molecule has 1 N–H and O–H groups in total. The van der Waals surface area contributed by atoms with Gasteiger partial charge in [0.05, 0.1) is 33.9 Å². The van der Waals surface area contributed by atoms with Gasteiger partial charge in [-0.3, -0.25) is 14.2 Å². The number of aromatic nitrogens is 5. The second-order valence-electron chi connectivity index (χ2n) is 16.0. The van der Waals surface area contributed by atoms with Crippen LogP contribution in [0.2, 0.25) is 5.02 Å². The van der Waals surface area contributed by atoms with Crippen molar-refractivity contribution in [2.75, 3.05) is 22.8 Å². The summed E-state index contributed by atoms with van der Waals surface area (Å²) in [5, 5.41) is 9.00. The SMILES string of the molecule is C[C@@H]1Cc2c(C(F)(F)F)nn(CC(=O)N[C@@H](Cc3cc(F)cc(F)c3)c3nc(C#CC(C)(C)S(C)(=O)=O)ccc3-c3ccc(Cl)c4c(N(CCl)S(C)(=O)=O)nn(CC(F)(F)F)c34)c2C1(F)F. The van der Waals surface area contributed by atoms with Crippen molar-refractivity contribution in [3.63, 3.8) is 0 Å². The average molecular weight is 1020 g/mol. The Morgan fingerprint density at radius 2 is 1.59 bits per heavy atom. The summed E-state index contributed by atoms with van der Waals surface area (Å²) in [6, 6.07) is 4.28. The van der Waals surface area contributed by atoms with Crippen molar-refractivity contribution in [2.45, 2.75) is 75.8 Å². The van der Waals surface area contributed by atoms with Gasteiger partial charge in [0, 0.05) is 34.9 Å². The lowest BCUT2D eigenvalue weighted by atomic mass is 9.93. The van der Waals surface area contributed by atoms with E-state index >= 15 is 8.78 Å². The van der Waals surface area contributed by atoms with Crippen LogP contribution in [0.15, 0.2) is 42.5 Å². The number of alkyl halides is 9. The lowest BCUT2D eigenvalue weighted by Crippen LogP contribution is -2.35. The van der Waals surface area contributed by atoms with Gasteiger partial charge in [-0.1, -0.05) is 30.5 Å². The van der Waals surface area contributed by atoms with Crippen molar-refractivity contribution >= 4 is 65.7 Å². The molecule has 66 heavy (non-hydrogen) atoms. The quantitative estimate of drug-likeness (QED) is 0.0568. The summed E-state index contributed by atoms with van der Waals surface area (Å²) in [5.41, 5.74) is -5.51. The molecule has 1 aliphatic rings. The van der Waals surface area contributed by atoms with E-state index in [0.717, 1.165) is 31.4 Å². The number of halogens is 12. The maximum Gasteiger partial charge on any atom is 0.435 e. The molecule has 0 saturated heterocycles. The fourth-order valence-electron chi connectivity index (χ4n) is 7.22. The Bertz CT molecular complexity index is 3030. The second kappa shape index (κ2) is 17.5. The van der Waals surface area contributed by atoms with Crippen molar-refractivity contribution < 1.29 is 65.5 Å². The summed E-state index contributed by atoms with van der Waals surface area (Å²) in [6.07, 6.45) is -10.0. The Morgan fingerprint density at radius 1 is 0.970 bits per heavy atom. The first kappa shape index (κ1) is 50.3. The van der Waals surface area contributed by atoms with Crippen molar-refractivity contribution in [3.05, 3.63) is 93.0 Å². The molecule has 356 valence electrons. The van der Waals surface area contributed by atoms with Gasteiger partial charge in [-0.05, 0) is 68.5 Å². The zero-order valence-corrected chi connectivity index (χ0v) is 38.0. The van der Waals surface area contributed by atoms with Gasteiger partial charge in [-0.2, -0.15) is 45.3 Å². The molecule has 2 atom stereocenters. The fraction of sp³-hybridized carbons (Fsp3) is 0.400. The topological polar surface area (TPSA) is 149 Å². The molecule has 26 heteroatoms. The van der Waals surface area contributed by atoms with Crippen molar-refractivity contribution in [3.8, 4) is 23.0 Å². The first-order valence-corrected chi connectivity index (χ1v) is 23.7. The van der Waals surface area contributed by atoms with Gasteiger partial charge in [0.2, 0.25) is 15.9 Å². The smallest absolute Gasteiger partial charge is 0.346 e. The van der Waals surface area contributed by atoms with E-state index in [1.165, 1.54) is 32.0 Å². The number of carbonyl (C=O) groups is 1. The van der Waals surface area contributed by atoms with Gasteiger partial charge < -0.3 is 5.32 Å². The Hall–Kier alpha value is -5.12. The molecule has 2 aromatic carbocycles. The highest BCUT2D eigenvalue weighted by atomic mass is 35.5. The second-order valence-corrected chi connectivity index (χ2v) is 21.1. The van der Waals surface area contributed by atoms with E-state index in [-0.39, 0.29) is 37.5 Å². The third-order valence-electron chi connectivity index (χ3n) is 10.6. The third kappa shape index (κ3) is 10.2. The molecule has 0 radical (unpaired) electrons. The highest BCUT2D eigenvalue weighted by molar-refractivity contribution is 7.92. The molecule has 0 fully saturated rings. The average Bonchev–Trinajstić information content (AvgIpc) is 3.78. The van der Waals surface area contributed by atoms with Gasteiger partial charge >= 0.3 is 12.4 Å². The number of amides is 1. The normalized spacial score (nSPS) is 15.9. The number of sulfonamides is 1. The van der Waals surface area contributed by atoms with Crippen LogP contribution in [0.1, 0.15) is 60.7 Å². The van der Waals surface area contributed by atoms with Gasteiger partial charge in [-0.15, -0.1) is 11.6 Å². The first-order valence-electron chi connectivity index (χ1n) is 19.1. The highest BCUT2D eigenvalue weighted by Gasteiger charge is 2.54. The number of hydrogen-bond acceptors (Lipinski definition) is 8. The zero-order chi connectivity index (χ0) is 49.3. The van der Waals surface area contributed by atoms with E-state index in [1.807, 2.05) is 0 Å². The standard InChI is InChI=1S/C40H35Cl2F10N7O5S2/c1-20-12-27-34(40(50,51)52)55-57(35(27)39(20,48)49)17-30(60)54-29(15-21-13-22(43)16-23(44)14-21)32-25(7-6-24(53-32)10-11-37(2,3)65(4,61)62)26-8-9-28(42)31-33(26)58(18-38(45,46)47)56-36(31)59(19-41)66(5,63)64/h6-9,13-14,16,20,29H,12,15,17-19H2,1-5H3,(H,54,60)/t20-,29+/m1/s1. The number of carbonyl (C=O) groups excluding carboxylic acids is 1. The number of sulfone groups is 1. The number of nitrogens with zero attached hydrogens (tertiary/aromatic N) is 6. The third-order valence-corrected chi connectivity index (χ3v) is 14.4. The first-order chi connectivity index (χ1) is 30.2. The Balaban J connectivity index is 1.64. The lowest BCUT2D eigenvalue weighted by Gasteiger charge is -2.23. The number of hydrogen-bond donors (Lipinski definition) is 1. The molecular formula is C40H35Cl2F10N7O5S2. The van der Waals surface area contributed by atoms with Crippen LogP contribution in [-0.4, -0.2) is 76.7 Å². The van der Waals surface area contributed by atoms with Gasteiger partial charge in [0.15, 0.2) is 21.3 Å². The van der Waals surface area contributed by atoms with Crippen molar-refractivity contribution in [1.82, 2.24) is 29.9 Å². The number of anilines is 1. The fourth-order valence-corrected chi connectivity index (χ4v) is 8.96. The monoisotopic (exact) mass is 1020 g/mol. The molecule has 0 spiro atoms. The van der Waals surface area contributed by atoms with Crippen LogP contribution < -0.4 is 9.62 Å². The number of nitrogens with one attached hydrogen (secondary N) is 1. The summed E-state index contributed by atoms with van der Waals surface area (Å²) in [6.45, 7) is 0.376. The molecule has 3 aromatic heterocycles. The maximum absolute atomic E-state index is 15.5. The predicted molar refractivity (Wildman–Crippen MR) is 223 cm³/mol. The van der Waals surface area contributed by atoms with E-state index < -0.39 is 138 Å². The minimum absolute atomic E-state index is 0.184. The van der Waals surface area contributed by atoms with Crippen LogP contribution in [-0.2, 0) is 62.7 Å². The highest BCUT2D eigenvalue weighted by Crippen LogP contribution is 2.50. The van der Waals surface area contributed by atoms with E-state index in [1.54, 1.807) is 0 Å². The van der Waals surface area contributed by atoms with Crippen LogP contribution >= 0.6 is 23.2 Å². The van der Waals surface area contributed by atoms with E-state index in [9.17, 15) is 56.8 Å². The molecule has 0 aliphatic heterocycles. The molecule has 3 heterocycles. The lowest BCUT2D eigenvalue weighted by molar-refractivity contribution is -0.143. The van der Waals surface area contributed by atoms with Crippen LogP contribution in [0.4, 0.5) is 49.7 Å². The summed E-state index contributed by atoms with van der Waals surface area (Å²) in [7, 11) is -8.22. The van der Waals surface area contributed by atoms with Crippen molar-refractivity contribution in [1.29, 1.82) is 0 Å². The Morgan fingerprint density at radius 3 is 2.15 bits per heavy atom. The number of fused-ring (bicyclic) bond motifs is 2. The Labute approximate surface area is 380 Å². The minimum Gasteiger partial charge on any atom is -0.346 e.